The molecule has 0 bridgehead atoms. The molecule has 5 heteroatoms. The number of methoxy groups -OCH3 is 1. The van der Waals surface area contributed by atoms with E-state index in [9.17, 15) is 4.79 Å². The standard InChI is InChI=1S/C16H20N2O2S/c1-16(2,9-15(19)20-3)8-14-18-10-13(21-14)11-4-6-12(17)7-5-11/h4-7,10H,8-9,17H2,1-3H3. The number of benzene rings is 1. The van der Waals surface area contributed by atoms with Crippen molar-refractivity contribution in [1.29, 1.82) is 0 Å². The lowest BCUT2D eigenvalue weighted by atomic mass is 9.86. The number of nitrogens with two attached hydrogens (primary N) is 1. The number of anilines is 1. The maximum absolute atomic E-state index is 11.4. The van der Waals surface area contributed by atoms with Crippen LogP contribution in [0, 0.1) is 5.41 Å². The number of rotatable bonds is 5. The summed E-state index contributed by atoms with van der Waals surface area (Å²) in [5, 5.41) is 1.02. The van der Waals surface area contributed by atoms with Crippen LogP contribution in [0.5, 0.6) is 0 Å². The first kappa shape index (κ1) is 15.5. The first-order valence-corrected chi connectivity index (χ1v) is 7.59. The highest BCUT2D eigenvalue weighted by molar-refractivity contribution is 7.15. The third-order valence-corrected chi connectivity index (χ3v) is 4.28. The number of esters is 1. The van der Waals surface area contributed by atoms with Crippen LogP contribution >= 0.6 is 11.3 Å². The maximum Gasteiger partial charge on any atom is 0.306 e. The number of ether oxygens (including phenoxy) is 1. The van der Waals surface area contributed by atoms with Gasteiger partial charge in [0.1, 0.15) is 0 Å². The van der Waals surface area contributed by atoms with Crippen LogP contribution in [0.2, 0.25) is 0 Å². The molecule has 2 N–H and O–H groups in total. The molecule has 112 valence electrons. The van der Waals surface area contributed by atoms with Gasteiger partial charge in [-0.15, -0.1) is 11.3 Å². The van der Waals surface area contributed by atoms with Crippen LogP contribution in [0.4, 0.5) is 5.69 Å². The second kappa shape index (κ2) is 6.26. The van der Waals surface area contributed by atoms with Crippen LogP contribution in [0.15, 0.2) is 30.5 Å². The molecule has 21 heavy (non-hydrogen) atoms. The van der Waals surface area contributed by atoms with Crippen molar-refractivity contribution < 1.29 is 9.53 Å². The smallest absolute Gasteiger partial charge is 0.306 e. The van der Waals surface area contributed by atoms with Gasteiger partial charge < -0.3 is 10.5 Å². The average molecular weight is 304 g/mol. The third-order valence-electron chi connectivity index (χ3n) is 3.23. The fourth-order valence-corrected chi connectivity index (χ4v) is 3.29. The number of hydrogen-bond donors (Lipinski definition) is 1. The van der Waals surface area contributed by atoms with Gasteiger partial charge in [-0.2, -0.15) is 0 Å². The molecular weight excluding hydrogens is 284 g/mol. The molecule has 0 aliphatic rings. The Hall–Kier alpha value is -1.88. The molecule has 0 amide bonds. The number of nitrogens with zero attached hydrogens (tertiary/aromatic N) is 1. The zero-order valence-corrected chi connectivity index (χ0v) is 13.4. The van der Waals surface area contributed by atoms with Crippen molar-refractivity contribution in [2.45, 2.75) is 26.7 Å². The third kappa shape index (κ3) is 4.29. The van der Waals surface area contributed by atoms with Crippen molar-refractivity contribution >= 4 is 23.0 Å². The molecule has 1 aromatic carbocycles. The minimum Gasteiger partial charge on any atom is -0.469 e. The van der Waals surface area contributed by atoms with Crippen molar-refractivity contribution in [3.63, 3.8) is 0 Å². The molecule has 0 fully saturated rings. The van der Waals surface area contributed by atoms with Gasteiger partial charge in [-0.25, -0.2) is 4.98 Å². The van der Waals surface area contributed by atoms with Crippen LogP contribution in [0.25, 0.3) is 10.4 Å². The fourth-order valence-electron chi connectivity index (χ4n) is 2.11. The van der Waals surface area contributed by atoms with E-state index in [0.717, 1.165) is 27.6 Å². The molecular formula is C16H20N2O2S. The van der Waals surface area contributed by atoms with Crippen molar-refractivity contribution in [3.05, 3.63) is 35.5 Å². The van der Waals surface area contributed by atoms with Crippen LogP contribution in [0.1, 0.15) is 25.3 Å². The van der Waals surface area contributed by atoms with Crippen LogP contribution in [-0.2, 0) is 16.0 Å². The van der Waals surface area contributed by atoms with Gasteiger partial charge >= 0.3 is 5.97 Å². The zero-order chi connectivity index (χ0) is 15.5. The van der Waals surface area contributed by atoms with E-state index in [1.807, 2.05) is 44.3 Å². The Balaban J connectivity index is 2.09. The molecule has 0 saturated carbocycles. The van der Waals surface area contributed by atoms with Gasteiger partial charge in [-0.1, -0.05) is 26.0 Å². The number of hydrogen-bond acceptors (Lipinski definition) is 5. The number of thiazole rings is 1. The molecule has 2 rings (SSSR count). The van der Waals surface area contributed by atoms with E-state index in [-0.39, 0.29) is 11.4 Å². The van der Waals surface area contributed by atoms with Crippen LogP contribution in [-0.4, -0.2) is 18.1 Å². The minimum atomic E-state index is -0.185. The predicted molar refractivity (Wildman–Crippen MR) is 86.1 cm³/mol. The Kier molecular flexibility index (Phi) is 4.63. The molecule has 0 unspecified atom stereocenters. The van der Waals surface area contributed by atoms with Gasteiger partial charge in [0.05, 0.1) is 23.4 Å². The molecule has 0 aliphatic heterocycles. The summed E-state index contributed by atoms with van der Waals surface area (Å²) < 4.78 is 4.74. The number of carbonyl (C=O) groups is 1. The van der Waals surface area contributed by atoms with E-state index in [1.165, 1.54) is 7.11 Å². The lowest BCUT2D eigenvalue weighted by molar-refractivity contribution is -0.142. The molecule has 0 spiro atoms. The Morgan fingerprint density at radius 2 is 2.00 bits per heavy atom. The van der Waals surface area contributed by atoms with E-state index >= 15 is 0 Å². The minimum absolute atomic E-state index is 0.163. The Morgan fingerprint density at radius 3 is 2.62 bits per heavy atom. The summed E-state index contributed by atoms with van der Waals surface area (Å²) in [5.74, 6) is -0.185. The molecule has 1 heterocycles. The Morgan fingerprint density at radius 1 is 1.33 bits per heavy atom. The highest BCUT2D eigenvalue weighted by Gasteiger charge is 2.24. The summed E-state index contributed by atoms with van der Waals surface area (Å²) in [4.78, 5) is 17.0. The zero-order valence-electron chi connectivity index (χ0n) is 12.6. The van der Waals surface area contributed by atoms with E-state index in [2.05, 4.69) is 4.98 Å². The van der Waals surface area contributed by atoms with Gasteiger partial charge in [0.25, 0.3) is 0 Å². The number of aromatic nitrogens is 1. The van der Waals surface area contributed by atoms with E-state index in [4.69, 9.17) is 10.5 Å². The summed E-state index contributed by atoms with van der Waals surface area (Å²) in [6, 6.07) is 7.75. The summed E-state index contributed by atoms with van der Waals surface area (Å²) in [6.07, 6.45) is 3.02. The van der Waals surface area contributed by atoms with E-state index < -0.39 is 0 Å². The van der Waals surface area contributed by atoms with E-state index in [1.54, 1.807) is 11.3 Å². The fraction of sp³-hybridized carbons (Fsp3) is 0.375. The van der Waals surface area contributed by atoms with Crippen molar-refractivity contribution in [2.75, 3.05) is 12.8 Å². The predicted octanol–water partition coefficient (Wildman–Crippen LogP) is 3.52. The first-order valence-electron chi connectivity index (χ1n) is 6.77. The summed E-state index contributed by atoms with van der Waals surface area (Å²) >= 11 is 1.65. The van der Waals surface area contributed by atoms with Crippen molar-refractivity contribution in [1.82, 2.24) is 4.98 Å². The summed E-state index contributed by atoms with van der Waals surface area (Å²) in [7, 11) is 1.42. The molecule has 0 atom stereocenters. The van der Waals surface area contributed by atoms with Crippen molar-refractivity contribution in [3.8, 4) is 10.4 Å². The molecule has 2 aromatic rings. The van der Waals surface area contributed by atoms with Gasteiger partial charge in [0.2, 0.25) is 0 Å². The van der Waals surface area contributed by atoms with Crippen LogP contribution < -0.4 is 5.73 Å². The maximum atomic E-state index is 11.4. The molecule has 0 aliphatic carbocycles. The second-order valence-electron chi connectivity index (χ2n) is 5.83. The molecule has 0 radical (unpaired) electrons. The topological polar surface area (TPSA) is 65.2 Å². The average Bonchev–Trinajstić information content (AvgIpc) is 2.86. The van der Waals surface area contributed by atoms with Gasteiger partial charge in [0.15, 0.2) is 0 Å². The van der Waals surface area contributed by atoms with Crippen molar-refractivity contribution in [2.24, 2.45) is 5.41 Å². The lowest BCUT2D eigenvalue weighted by Gasteiger charge is -2.21. The summed E-state index contributed by atoms with van der Waals surface area (Å²) in [6.45, 7) is 4.10. The van der Waals surface area contributed by atoms with Crippen LogP contribution in [0.3, 0.4) is 0 Å². The van der Waals surface area contributed by atoms with Gasteiger partial charge in [0, 0.05) is 18.3 Å². The first-order chi connectivity index (χ1) is 9.89. The Bertz CT molecular complexity index is 617. The van der Waals surface area contributed by atoms with E-state index in [0.29, 0.717) is 6.42 Å². The van der Waals surface area contributed by atoms with Gasteiger partial charge in [-0.05, 0) is 23.1 Å². The highest BCUT2D eigenvalue weighted by atomic mass is 32.1. The normalized spacial score (nSPS) is 11.4. The molecule has 4 nitrogen and oxygen atoms in total. The number of nitrogen functional groups attached to an aromatic ring is 1. The Labute approximate surface area is 129 Å². The SMILES string of the molecule is COC(=O)CC(C)(C)Cc1ncc(-c2ccc(N)cc2)s1. The largest absolute Gasteiger partial charge is 0.469 e. The number of carbonyl (C=O) groups excluding carboxylic acids is 1. The quantitative estimate of drug-likeness (QED) is 0.678. The second-order valence-corrected chi connectivity index (χ2v) is 6.95. The molecule has 0 saturated heterocycles. The monoisotopic (exact) mass is 304 g/mol. The molecule has 1 aromatic heterocycles. The highest BCUT2D eigenvalue weighted by Crippen LogP contribution is 2.32. The summed E-state index contributed by atoms with van der Waals surface area (Å²) in [5.41, 5.74) is 7.40. The van der Waals surface area contributed by atoms with Gasteiger partial charge in [-0.3, -0.25) is 4.79 Å². The lowest BCUT2D eigenvalue weighted by Crippen LogP contribution is -2.20.